The normalized spacial score (nSPS) is 12.6. The van der Waals surface area contributed by atoms with E-state index in [0.29, 0.717) is 17.4 Å². The van der Waals surface area contributed by atoms with Crippen molar-refractivity contribution in [3.8, 4) is 0 Å². The average Bonchev–Trinajstić information content (AvgIpc) is 2.65. The number of rotatable bonds is 4. The zero-order valence-corrected chi connectivity index (χ0v) is 15.8. The molecule has 28 heavy (non-hydrogen) atoms. The van der Waals surface area contributed by atoms with E-state index in [1.807, 2.05) is 19.1 Å². The van der Waals surface area contributed by atoms with Crippen LogP contribution in [0, 0.1) is 6.92 Å². The zero-order valence-electron chi connectivity index (χ0n) is 15.8. The number of alkyl halides is 3. The maximum atomic E-state index is 14.2. The predicted molar refractivity (Wildman–Crippen MR) is 108 cm³/mol. The Kier molecular flexibility index (Phi) is 5.27. The van der Waals surface area contributed by atoms with Gasteiger partial charge in [0.15, 0.2) is 6.29 Å². The molecule has 144 valence electrons. The fourth-order valence-electron chi connectivity index (χ4n) is 3.48. The van der Waals surface area contributed by atoms with Gasteiger partial charge in [-0.1, -0.05) is 54.6 Å². The van der Waals surface area contributed by atoms with E-state index in [4.69, 9.17) is 0 Å². The lowest BCUT2D eigenvalue weighted by Gasteiger charge is -2.22. The molecule has 0 amide bonds. The van der Waals surface area contributed by atoms with Crippen LogP contribution >= 0.6 is 0 Å². The molecule has 0 atom stereocenters. The first-order valence-corrected chi connectivity index (χ1v) is 8.77. The number of carbonyl (C=O) groups excluding carboxylic acids is 1. The number of allylic oxidation sites excluding steroid dienone is 2. The molecule has 0 aliphatic carbocycles. The zero-order chi connectivity index (χ0) is 20.5. The van der Waals surface area contributed by atoms with E-state index in [-0.39, 0.29) is 16.7 Å². The third-order valence-electron chi connectivity index (χ3n) is 4.76. The van der Waals surface area contributed by atoms with Crippen LogP contribution in [0.25, 0.3) is 21.9 Å². The van der Waals surface area contributed by atoms with E-state index in [2.05, 4.69) is 0 Å². The van der Waals surface area contributed by atoms with Gasteiger partial charge in [0.1, 0.15) is 0 Å². The summed E-state index contributed by atoms with van der Waals surface area (Å²) in [7, 11) is 3.35. The number of benzene rings is 3. The Balaban J connectivity index is 2.45. The van der Waals surface area contributed by atoms with E-state index in [0.717, 1.165) is 10.9 Å². The van der Waals surface area contributed by atoms with Crippen LogP contribution < -0.4 is 4.90 Å². The van der Waals surface area contributed by atoms with Gasteiger partial charge < -0.3 is 4.90 Å². The van der Waals surface area contributed by atoms with Crippen LogP contribution in [0.1, 0.15) is 16.7 Å². The number of aryl methyl sites for hydroxylation is 1. The van der Waals surface area contributed by atoms with Crippen LogP contribution in [0.5, 0.6) is 0 Å². The molecular weight excluding hydrogens is 363 g/mol. The molecule has 0 saturated heterocycles. The Hall–Kier alpha value is -3.08. The maximum absolute atomic E-state index is 14.2. The van der Waals surface area contributed by atoms with E-state index in [1.54, 1.807) is 61.5 Å². The fourth-order valence-corrected chi connectivity index (χ4v) is 3.48. The van der Waals surface area contributed by atoms with Gasteiger partial charge in [0.05, 0.1) is 5.57 Å². The van der Waals surface area contributed by atoms with Crippen molar-refractivity contribution in [3.63, 3.8) is 0 Å². The molecule has 0 aliphatic rings. The molecule has 3 aromatic rings. The second kappa shape index (κ2) is 7.50. The minimum atomic E-state index is -4.70. The summed E-state index contributed by atoms with van der Waals surface area (Å²) in [5.74, 6) is 0. The van der Waals surface area contributed by atoms with Crippen molar-refractivity contribution in [3.05, 3.63) is 77.4 Å². The molecule has 0 aromatic heterocycles. The molecular formula is C23H20F3NO. The van der Waals surface area contributed by atoms with Gasteiger partial charge >= 0.3 is 6.18 Å². The number of hydrogen-bond donors (Lipinski definition) is 0. The predicted octanol–water partition coefficient (Wildman–Crippen LogP) is 5.89. The van der Waals surface area contributed by atoms with Gasteiger partial charge in [0.25, 0.3) is 0 Å². The molecule has 0 heterocycles. The van der Waals surface area contributed by atoms with Gasteiger partial charge in [0.2, 0.25) is 0 Å². The van der Waals surface area contributed by atoms with Crippen LogP contribution in [0.3, 0.4) is 0 Å². The summed E-state index contributed by atoms with van der Waals surface area (Å²) in [6, 6.07) is 16.7. The first kappa shape index (κ1) is 19.7. The average molecular weight is 383 g/mol. The smallest absolute Gasteiger partial charge is 0.377 e. The second-order valence-corrected chi connectivity index (χ2v) is 6.79. The Bertz CT molecular complexity index is 1060. The van der Waals surface area contributed by atoms with Crippen LogP contribution in [-0.4, -0.2) is 26.6 Å². The quantitative estimate of drug-likeness (QED) is 0.318. The van der Waals surface area contributed by atoms with Crippen LogP contribution in [0.4, 0.5) is 18.9 Å². The highest BCUT2D eigenvalue weighted by molar-refractivity contribution is 6.22. The molecule has 2 nitrogen and oxygen atoms in total. The van der Waals surface area contributed by atoms with Crippen molar-refractivity contribution in [2.75, 3.05) is 19.0 Å². The van der Waals surface area contributed by atoms with Crippen LogP contribution in [0.2, 0.25) is 0 Å². The largest absolute Gasteiger partial charge is 0.417 e. The van der Waals surface area contributed by atoms with E-state index in [1.165, 1.54) is 6.07 Å². The minimum Gasteiger partial charge on any atom is -0.377 e. The van der Waals surface area contributed by atoms with Gasteiger partial charge in [0, 0.05) is 30.9 Å². The number of para-hydroxylation sites is 1. The Morgan fingerprint density at radius 3 is 2.11 bits per heavy atom. The van der Waals surface area contributed by atoms with Crippen molar-refractivity contribution >= 4 is 33.9 Å². The molecule has 0 radical (unpaired) electrons. The number of hydrogen-bond acceptors (Lipinski definition) is 2. The summed E-state index contributed by atoms with van der Waals surface area (Å²) < 4.78 is 42.6. The van der Waals surface area contributed by atoms with Crippen molar-refractivity contribution in [1.29, 1.82) is 0 Å². The number of carbonyl (C=O) groups is 1. The van der Waals surface area contributed by atoms with Crippen LogP contribution in [-0.2, 0) is 4.79 Å². The molecule has 0 spiro atoms. The lowest BCUT2D eigenvalue weighted by molar-refractivity contribution is -0.103. The summed E-state index contributed by atoms with van der Waals surface area (Å²) in [4.78, 5) is 13.6. The SMILES string of the molecule is Cc1cccc2c(/C(C=O)=C(/c3ccccc3N(C)C)C(F)(F)F)cccc12. The van der Waals surface area contributed by atoms with Gasteiger partial charge in [-0.15, -0.1) is 0 Å². The summed E-state index contributed by atoms with van der Waals surface area (Å²) in [5.41, 5.74) is 0.292. The lowest BCUT2D eigenvalue weighted by Crippen LogP contribution is -2.18. The molecule has 0 fully saturated rings. The lowest BCUT2D eigenvalue weighted by atomic mass is 9.90. The molecule has 0 aliphatic heterocycles. The monoisotopic (exact) mass is 383 g/mol. The molecule has 3 rings (SSSR count). The summed E-state index contributed by atoms with van der Waals surface area (Å²) >= 11 is 0. The molecule has 0 unspecified atom stereocenters. The molecule has 0 saturated carbocycles. The standard InChI is InChI=1S/C23H20F3NO/c1-15-8-6-11-17-16(15)10-7-12-18(17)20(14-28)22(23(24,25)26)19-9-4-5-13-21(19)27(2)3/h4-14H,1-3H3/b22-20-. The molecule has 3 aromatic carbocycles. The van der Waals surface area contributed by atoms with Gasteiger partial charge in [-0.05, 0) is 34.9 Å². The molecule has 0 N–H and O–H groups in total. The Labute approximate surface area is 161 Å². The molecule has 5 heteroatoms. The van der Waals surface area contributed by atoms with Crippen molar-refractivity contribution in [1.82, 2.24) is 0 Å². The number of nitrogens with zero attached hydrogens (tertiary/aromatic N) is 1. The molecule has 0 bridgehead atoms. The van der Waals surface area contributed by atoms with E-state index in [9.17, 15) is 18.0 Å². The van der Waals surface area contributed by atoms with Crippen molar-refractivity contribution < 1.29 is 18.0 Å². The Morgan fingerprint density at radius 2 is 1.46 bits per heavy atom. The van der Waals surface area contributed by atoms with Gasteiger partial charge in [-0.2, -0.15) is 13.2 Å². The highest BCUT2D eigenvalue weighted by Crippen LogP contribution is 2.43. The fraction of sp³-hybridized carbons (Fsp3) is 0.174. The van der Waals surface area contributed by atoms with E-state index >= 15 is 0 Å². The number of fused-ring (bicyclic) bond motifs is 1. The highest BCUT2D eigenvalue weighted by atomic mass is 19.4. The second-order valence-electron chi connectivity index (χ2n) is 6.79. The van der Waals surface area contributed by atoms with Gasteiger partial charge in [-0.3, -0.25) is 4.79 Å². The third kappa shape index (κ3) is 3.52. The van der Waals surface area contributed by atoms with Gasteiger partial charge in [-0.25, -0.2) is 0 Å². The number of aldehydes is 1. The first-order chi connectivity index (χ1) is 13.3. The summed E-state index contributed by atoms with van der Waals surface area (Å²) in [5, 5.41) is 1.44. The van der Waals surface area contributed by atoms with Crippen LogP contribution in [0.15, 0.2) is 60.7 Å². The summed E-state index contributed by atoms with van der Waals surface area (Å²) in [6.45, 7) is 1.89. The Morgan fingerprint density at radius 1 is 0.857 bits per heavy atom. The van der Waals surface area contributed by atoms with Crippen molar-refractivity contribution in [2.45, 2.75) is 13.1 Å². The number of halogens is 3. The summed E-state index contributed by atoms with van der Waals surface area (Å²) in [6.07, 6.45) is -4.39. The van der Waals surface area contributed by atoms with Crippen molar-refractivity contribution in [2.24, 2.45) is 0 Å². The highest BCUT2D eigenvalue weighted by Gasteiger charge is 2.39. The topological polar surface area (TPSA) is 20.3 Å². The maximum Gasteiger partial charge on any atom is 0.417 e. The van der Waals surface area contributed by atoms with E-state index < -0.39 is 11.7 Å². The first-order valence-electron chi connectivity index (χ1n) is 8.77. The minimum absolute atomic E-state index is 0.0215. The third-order valence-corrected chi connectivity index (χ3v) is 4.76. The number of anilines is 1.